The Morgan fingerprint density at radius 2 is 1.18 bits per heavy atom. The van der Waals surface area contributed by atoms with Crippen LogP contribution in [-0.4, -0.2) is 23.8 Å². The van der Waals surface area contributed by atoms with E-state index < -0.39 is 0 Å². The molecule has 10 aromatic rings. The van der Waals surface area contributed by atoms with E-state index in [1.54, 1.807) is 0 Å². The average Bonchev–Trinajstić information content (AvgIpc) is 3.78. The maximum Gasteiger partial charge on any atom is 2.00 e. The Morgan fingerprint density at radius 1 is 0.569 bits per heavy atom. The van der Waals surface area contributed by atoms with Gasteiger partial charge in [0.05, 0.1) is 22.7 Å². The van der Waals surface area contributed by atoms with Gasteiger partial charge in [0.15, 0.2) is 0 Å². The van der Waals surface area contributed by atoms with Gasteiger partial charge in [-0.05, 0) is 54.8 Å². The third-order valence-electron chi connectivity index (χ3n) is 9.68. The second-order valence-electron chi connectivity index (χ2n) is 13.0. The Hall–Kier alpha value is -5.84. The molecule has 0 radical (unpaired) electrons. The van der Waals surface area contributed by atoms with E-state index in [2.05, 4.69) is 121 Å². The third-order valence-corrected chi connectivity index (χ3v) is 9.68. The molecule has 0 aliphatic heterocycles. The van der Waals surface area contributed by atoms with Gasteiger partial charge >= 0.3 is 21.1 Å². The van der Waals surface area contributed by atoms with Crippen LogP contribution in [-0.2, 0) is 21.1 Å². The van der Waals surface area contributed by atoms with E-state index in [4.69, 9.17) is 19.7 Å². The molecule has 0 spiro atoms. The minimum Gasteiger partial charge on any atom is -0.497 e. The second-order valence-corrected chi connectivity index (χ2v) is 13.0. The molecule has 5 heterocycles. The van der Waals surface area contributed by atoms with Crippen LogP contribution in [0.1, 0.15) is 16.7 Å². The first-order valence-corrected chi connectivity index (χ1v) is 16.7. The van der Waals surface area contributed by atoms with Crippen LogP contribution in [0.5, 0.6) is 11.5 Å². The van der Waals surface area contributed by atoms with Crippen molar-refractivity contribution in [2.45, 2.75) is 20.8 Å². The van der Waals surface area contributed by atoms with Gasteiger partial charge in [0, 0.05) is 46.7 Å². The maximum absolute atomic E-state index is 6.55. The number of aromatic nitrogens is 5. The van der Waals surface area contributed by atoms with Gasteiger partial charge in [-0.15, -0.1) is 12.1 Å². The number of hydrogen-bond acceptors (Lipinski definition) is 4. The molecule has 0 fully saturated rings. The van der Waals surface area contributed by atoms with Crippen LogP contribution in [0.25, 0.3) is 77.3 Å². The molecule has 246 valence electrons. The number of aryl methyl sites for hydroxylation is 3. The number of para-hydroxylation sites is 1. The smallest absolute Gasteiger partial charge is 0.497 e. The number of imidazole rings is 2. The van der Waals surface area contributed by atoms with Gasteiger partial charge in [0.2, 0.25) is 0 Å². The van der Waals surface area contributed by atoms with Crippen LogP contribution in [0, 0.1) is 32.9 Å². The van der Waals surface area contributed by atoms with Crippen LogP contribution in [0.4, 0.5) is 0 Å². The molecular weight excluding hydrogens is 810 g/mol. The summed E-state index contributed by atoms with van der Waals surface area (Å²) in [5.41, 5.74) is 11.2. The summed E-state index contributed by atoms with van der Waals surface area (Å²) in [7, 11) is 0. The first-order chi connectivity index (χ1) is 24.5. The standard InChI is InChI=1S/C44H29N5O.Pt/c1-26-20-27(2)41(28(3)21-26)39-25-49-42-35(13-9-19-45-42)33-18-16-31(23-37(33)44(49)47-39)50-30-15-17-32-34-12-7-8-14-40(34)48-24-38(29-10-5-4-6-11-29)46-43(48)36(32)22-30;/h4-21,24-25H,1-3H3;/q-2;+2. The molecule has 0 aliphatic carbocycles. The van der Waals surface area contributed by atoms with Gasteiger partial charge in [-0.1, -0.05) is 118 Å². The zero-order chi connectivity index (χ0) is 33.5. The van der Waals surface area contributed by atoms with Crippen molar-refractivity contribution in [3.05, 3.63) is 151 Å². The fraction of sp³-hybridized carbons (Fsp3) is 0.0682. The van der Waals surface area contributed by atoms with Gasteiger partial charge in [-0.2, -0.15) is 0 Å². The molecule has 0 N–H and O–H groups in total. The number of ether oxygens (including phenoxy) is 1. The summed E-state index contributed by atoms with van der Waals surface area (Å²) in [6.45, 7) is 6.42. The molecule has 10 rings (SSSR count). The monoisotopic (exact) mass is 838 g/mol. The zero-order valence-corrected chi connectivity index (χ0v) is 30.3. The normalized spacial score (nSPS) is 11.7. The molecule has 0 aliphatic rings. The molecule has 6 nitrogen and oxygen atoms in total. The maximum atomic E-state index is 6.55. The predicted octanol–water partition coefficient (Wildman–Crippen LogP) is 10.6. The van der Waals surface area contributed by atoms with E-state index in [-0.39, 0.29) is 21.1 Å². The van der Waals surface area contributed by atoms with Crippen LogP contribution < -0.4 is 4.74 Å². The van der Waals surface area contributed by atoms with Gasteiger partial charge in [0.1, 0.15) is 5.65 Å². The second kappa shape index (κ2) is 11.9. The molecule has 0 saturated heterocycles. The van der Waals surface area contributed by atoms with Gasteiger partial charge in [-0.25, -0.2) is 4.98 Å². The van der Waals surface area contributed by atoms with Crippen molar-refractivity contribution < 1.29 is 25.8 Å². The van der Waals surface area contributed by atoms with E-state index in [9.17, 15) is 0 Å². The average molecular weight is 839 g/mol. The Balaban J connectivity index is 0.00000348. The Morgan fingerprint density at radius 3 is 1.92 bits per heavy atom. The van der Waals surface area contributed by atoms with Gasteiger partial charge in [0.25, 0.3) is 0 Å². The number of fused-ring (bicyclic) bond motifs is 12. The summed E-state index contributed by atoms with van der Waals surface area (Å²) < 4.78 is 10.8. The number of hydrogen-bond donors (Lipinski definition) is 0. The Labute approximate surface area is 308 Å². The summed E-state index contributed by atoms with van der Waals surface area (Å²) in [5.74, 6) is 1.17. The van der Waals surface area contributed by atoms with Crippen LogP contribution >= 0.6 is 0 Å². The molecule has 7 heteroatoms. The van der Waals surface area contributed by atoms with E-state index >= 15 is 0 Å². The predicted molar refractivity (Wildman–Crippen MR) is 201 cm³/mol. The molecule has 0 atom stereocenters. The molecule has 5 aromatic heterocycles. The molecule has 0 amide bonds. The molecule has 0 unspecified atom stereocenters. The number of pyridine rings is 3. The van der Waals surface area contributed by atoms with Crippen molar-refractivity contribution in [2.75, 3.05) is 0 Å². The van der Waals surface area contributed by atoms with Crippen LogP contribution in [0.2, 0.25) is 0 Å². The number of nitrogens with zero attached hydrogens (tertiary/aromatic N) is 5. The summed E-state index contributed by atoms with van der Waals surface area (Å²) >= 11 is 0. The SMILES string of the molecule is Cc1cc(C)c(-c2cn3c(n2)c2[c-]c(Oc4[c-]c5c(cc4)c4ccccc4n4cc(-c6ccccc6)nc54)ccc2c2cccnc23)c(C)c1.[Pt+2]. The van der Waals surface area contributed by atoms with Crippen molar-refractivity contribution in [1.29, 1.82) is 0 Å². The van der Waals surface area contributed by atoms with E-state index in [0.717, 1.165) is 77.3 Å². The third kappa shape index (κ3) is 4.93. The minimum absolute atomic E-state index is 0. The van der Waals surface area contributed by atoms with Crippen molar-refractivity contribution in [2.24, 2.45) is 0 Å². The topological polar surface area (TPSA) is 56.7 Å². The molecular formula is C44H29N5OPt. The summed E-state index contributed by atoms with van der Waals surface area (Å²) in [6.07, 6.45) is 6.03. The van der Waals surface area contributed by atoms with Crippen molar-refractivity contribution in [3.8, 4) is 34.0 Å². The Bertz CT molecular complexity index is 2980. The zero-order valence-electron chi connectivity index (χ0n) is 28.0. The van der Waals surface area contributed by atoms with Gasteiger partial charge < -0.3 is 13.5 Å². The number of benzene rings is 5. The molecule has 0 bridgehead atoms. The van der Waals surface area contributed by atoms with Gasteiger partial charge in [-0.3, -0.25) is 9.97 Å². The fourth-order valence-electron chi connectivity index (χ4n) is 7.61. The van der Waals surface area contributed by atoms with Crippen molar-refractivity contribution in [1.82, 2.24) is 23.8 Å². The Kier molecular flexibility index (Phi) is 7.27. The fourth-order valence-corrected chi connectivity index (χ4v) is 7.61. The molecule has 0 saturated carbocycles. The summed E-state index contributed by atoms with van der Waals surface area (Å²) in [5, 5.41) is 6.00. The van der Waals surface area contributed by atoms with Crippen molar-refractivity contribution in [3.63, 3.8) is 0 Å². The largest absolute Gasteiger partial charge is 2.00 e. The van der Waals surface area contributed by atoms with E-state index in [0.29, 0.717) is 11.5 Å². The minimum atomic E-state index is 0. The first-order valence-electron chi connectivity index (χ1n) is 16.7. The molecule has 5 aromatic carbocycles. The number of rotatable bonds is 4. The van der Waals surface area contributed by atoms with E-state index in [1.165, 1.54) is 16.7 Å². The van der Waals surface area contributed by atoms with Crippen LogP contribution in [0.3, 0.4) is 0 Å². The van der Waals surface area contributed by atoms with Crippen LogP contribution in [0.15, 0.2) is 122 Å². The van der Waals surface area contributed by atoms with E-state index in [1.807, 2.05) is 42.6 Å². The summed E-state index contributed by atoms with van der Waals surface area (Å²) in [6, 6.07) is 42.4. The quantitative estimate of drug-likeness (QED) is 0.131. The van der Waals surface area contributed by atoms with Crippen molar-refractivity contribution >= 4 is 54.8 Å². The first kappa shape index (κ1) is 31.2. The summed E-state index contributed by atoms with van der Waals surface area (Å²) in [4.78, 5) is 15.1. The molecule has 51 heavy (non-hydrogen) atoms.